The van der Waals surface area contributed by atoms with Crippen LogP contribution >= 0.6 is 27.5 Å². The number of hydrogen-bond acceptors (Lipinski definition) is 2. The van der Waals surface area contributed by atoms with Crippen molar-refractivity contribution < 1.29 is 0 Å². The molecule has 17 heavy (non-hydrogen) atoms. The van der Waals surface area contributed by atoms with Gasteiger partial charge in [0.15, 0.2) is 0 Å². The van der Waals surface area contributed by atoms with E-state index in [-0.39, 0.29) is 6.04 Å². The molecule has 0 radical (unpaired) electrons. The van der Waals surface area contributed by atoms with Gasteiger partial charge in [-0.05, 0) is 46.0 Å². The van der Waals surface area contributed by atoms with Crippen molar-refractivity contribution in [1.29, 1.82) is 0 Å². The molecule has 1 aromatic rings. The molecule has 0 aliphatic carbocycles. The molecule has 0 aliphatic rings. The van der Waals surface area contributed by atoms with E-state index in [1.54, 1.807) is 0 Å². The van der Waals surface area contributed by atoms with Crippen LogP contribution in [0.15, 0.2) is 22.7 Å². The predicted molar refractivity (Wildman–Crippen MR) is 77.9 cm³/mol. The van der Waals surface area contributed by atoms with Crippen molar-refractivity contribution in [3.63, 3.8) is 0 Å². The molecule has 0 aromatic heterocycles. The van der Waals surface area contributed by atoms with E-state index in [2.05, 4.69) is 41.3 Å². The normalized spacial score (nSPS) is 14.6. The van der Waals surface area contributed by atoms with Crippen LogP contribution in [0.3, 0.4) is 0 Å². The van der Waals surface area contributed by atoms with Gasteiger partial charge in [0.25, 0.3) is 0 Å². The van der Waals surface area contributed by atoms with Crippen molar-refractivity contribution in [3.05, 3.63) is 33.3 Å². The van der Waals surface area contributed by atoms with Crippen molar-refractivity contribution in [3.8, 4) is 0 Å². The zero-order valence-corrected chi connectivity index (χ0v) is 12.7. The second-order valence-corrected chi connectivity index (χ2v) is 5.78. The fraction of sp³-hybridized carbons (Fsp3) is 0.538. The summed E-state index contributed by atoms with van der Waals surface area (Å²) < 4.78 is 0.917. The van der Waals surface area contributed by atoms with Crippen LogP contribution in [0, 0.1) is 5.92 Å². The molecule has 0 heterocycles. The van der Waals surface area contributed by atoms with Crippen molar-refractivity contribution in [2.45, 2.75) is 39.2 Å². The average molecular weight is 320 g/mol. The molecule has 0 saturated carbocycles. The lowest BCUT2D eigenvalue weighted by Gasteiger charge is -2.20. The minimum Gasteiger partial charge on any atom is -0.271 e. The van der Waals surface area contributed by atoms with Crippen LogP contribution in [-0.4, -0.2) is 0 Å². The Labute approximate surface area is 117 Å². The summed E-state index contributed by atoms with van der Waals surface area (Å²) in [5.74, 6) is 6.29. The van der Waals surface area contributed by atoms with E-state index >= 15 is 0 Å². The topological polar surface area (TPSA) is 38.0 Å². The third-order valence-electron chi connectivity index (χ3n) is 2.97. The lowest BCUT2D eigenvalue weighted by molar-refractivity contribution is 0.394. The Bertz CT molecular complexity index is 357. The van der Waals surface area contributed by atoms with Gasteiger partial charge >= 0.3 is 0 Å². The third kappa shape index (κ3) is 4.59. The number of rotatable bonds is 6. The summed E-state index contributed by atoms with van der Waals surface area (Å²) in [5.41, 5.74) is 4.02. The Morgan fingerprint density at radius 1 is 1.47 bits per heavy atom. The first-order chi connectivity index (χ1) is 8.08. The van der Waals surface area contributed by atoms with Gasteiger partial charge in [0.1, 0.15) is 0 Å². The van der Waals surface area contributed by atoms with Gasteiger partial charge in [-0.1, -0.05) is 44.4 Å². The lowest BCUT2D eigenvalue weighted by Crippen LogP contribution is -2.29. The van der Waals surface area contributed by atoms with Crippen LogP contribution in [0.5, 0.6) is 0 Å². The molecular formula is C13H20BrClN2. The Hall–Kier alpha value is -0.0900. The van der Waals surface area contributed by atoms with Crippen molar-refractivity contribution >= 4 is 27.5 Å². The van der Waals surface area contributed by atoms with Gasteiger partial charge in [-0.2, -0.15) is 0 Å². The highest BCUT2D eigenvalue weighted by Gasteiger charge is 2.14. The average Bonchev–Trinajstić information content (AvgIpc) is 2.30. The molecule has 2 nitrogen and oxygen atoms in total. The van der Waals surface area contributed by atoms with Gasteiger partial charge in [0, 0.05) is 10.5 Å². The van der Waals surface area contributed by atoms with Crippen LogP contribution in [0.1, 0.15) is 44.7 Å². The minimum absolute atomic E-state index is 0.169. The van der Waals surface area contributed by atoms with Gasteiger partial charge in [0.05, 0.1) is 5.02 Å². The zero-order chi connectivity index (χ0) is 12.8. The number of nitrogens with one attached hydrogen (secondary N) is 1. The van der Waals surface area contributed by atoms with E-state index in [0.717, 1.165) is 21.5 Å². The first-order valence-electron chi connectivity index (χ1n) is 5.99. The van der Waals surface area contributed by atoms with Gasteiger partial charge in [-0.3, -0.25) is 11.3 Å². The Balaban J connectivity index is 2.75. The summed E-state index contributed by atoms with van der Waals surface area (Å²) in [6.07, 6.45) is 3.46. The van der Waals surface area contributed by atoms with E-state index in [9.17, 15) is 0 Å². The molecule has 0 saturated heterocycles. The van der Waals surface area contributed by atoms with Crippen LogP contribution in [0.25, 0.3) is 0 Å². The van der Waals surface area contributed by atoms with E-state index in [1.165, 1.54) is 12.8 Å². The fourth-order valence-corrected chi connectivity index (χ4v) is 2.48. The molecule has 96 valence electrons. The number of hydrogen-bond donors (Lipinski definition) is 2. The molecule has 4 heteroatoms. The molecule has 0 bridgehead atoms. The van der Waals surface area contributed by atoms with Crippen molar-refractivity contribution in [2.75, 3.05) is 0 Å². The third-order valence-corrected chi connectivity index (χ3v) is 4.20. The molecule has 0 spiro atoms. The summed E-state index contributed by atoms with van der Waals surface area (Å²) in [4.78, 5) is 0. The number of nitrogens with two attached hydrogens (primary N) is 1. The quantitative estimate of drug-likeness (QED) is 0.601. The maximum atomic E-state index is 6.10. The summed E-state index contributed by atoms with van der Waals surface area (Å²) in [5, 5.41) is 0.728. The second-order valence-electron chi connectivity index (χ2n) is 4.52. The van der Waals surface area contributed by atoms with Crippen LogP contribution in [0.4, 0.5) is 0 Å². The van der Waals surface area contributed by atoms with Crippen LogP contribution in [-0.2, 0) is 0 Å². The van der Waals surface area contributed by atoms with Crippen molar-refractivity contribution in [1.82, 2.24) is 5.43 Å². The molecule has 1 aromatic carbocycles. The smallest absolute Gasteiger partial charge is 0.0551 e. The highest BCUT2D eigenvalue weighted by atomic mass is 79.9. The molecule has 1 rings (SSSR count). The molecule has 2 atom stereocenters. The maximum absolute atomic E-state index is 6.10. The molecule has 0 fully saturated rings. The molecule has 2 unspecified atom stereocenters. The Morgan fingerprint density at radius 3 is 2.71 bits per heavy atom. The summed E-state index contributed by atoms with van der Waals surface area (Å²) in [6.45, 7) is 4.46. The second kappa shape index (κ2) is 7.37. The van der Waals surface area contributed by atoms with Gasteiger partial charge in [-0.25, -0.2) is 0 Å². The first kappa shape index (κ1) is 15.0. The fourth-order valence-electron chi connectivity index (χ4n) is 2.04. The predicted octanol–water partition coefficient (Wildman–Crippen LogP) is 4.43. The Morgan fingerprint density at radius 2 is 2.18 bits per heavy atom. The van der Waals surface area contributed by atoms with E-state index in [4.69, 9.17) is 17.4 Å². The van der Waals surface area contributed by atoms with Gasteiger partial charge < -0.3 is 0 Å². The number of hydrazine groups is 1. The standard InChI is InChI=1S/C13H20BrClN2/c1-3-4-9(2)7-13(17-16)10-5-6-11(14)12(15)8-10/h5-6,8-9,13,17H,3-4,7,16H2,1-2H3. The van der Waals surface area contributed by atoms with Crippen LogP contribution < -0.4 is 11.3 Å². The largest absolute Gasteiger partial charge is 0.271 e. The first-order valence-corrected chi connectivity index (χ1v) is 7.16. The monoisotopic (exact) mass is 318 g/mol. The summed E-state index contributed by atoms with van der Waals surface area (Å²) in [6, 6.07) is 6.16. The molecule has 3 N–H and O–H groups in total. The highest BCUT2D eigenvalue weighted by molar-refractivity contribution is 9.10. The molecule has 0 aliphatic heterocycles. The Kier molecular flexibility index (Phi) is 6.49. The van der Waals surface area contributed by atoms with Gasteiger partial charge in [0.2, 0.25) is 0 Å². The van der Waals surface area contributed by atoms with Gasteiger partial charge in [-0.15, -0.1) is 0 Å². The zero-order valence-electron chi connectivity index (χ0n) is 10.3. The number of benzene rings is 1. The minimum atomic E-state index is 0.169. The van der Waals surface area contributed by atoms with E-state index in [0.29, 0.717) is 5.92 Å². The highest BCUT2D eigenvalue weighted by Crippen LogP contribution is 2.29. The van der Waals surface area contributed by atoms with Crippen LogP contribution in [0.2, 0.25) is 5.02 Å². The van der Waals surface area contributed by atoms with Crippen molar-refractivity contribution in [2.24, 2.45) is 11.8 Å². The molecule has 0 amide bonds. The van der Waals surface area contributed by atoms with E-state index in [1.807, 2.05) is 12.1 Å². The SMILES string of the molecule is CCCC(C)CC(NN)c1ccc(Br)c(Cl)c1. The summed E-state index contributed by atoms with van der Waals surface area (Å²) >= 11 is 9.49. The molecular weight excluding hydrogens is 300 g/mol. The maximum Gasteiger partial charge on any atom is 0.0551 e. The summed E-state index contributed by atoms with van der Waals surface area (Å²) in [7, 11) is 0. The number of halogens is 2. The van der Waals surface area contributed by atoms with E-state index < -0.39 is 0 Å². The lowest BCUT2D eigenvalue weighted by atomic mass is 9.93.